The fourth-order valence-electron chi connectivity index (χ4n) is 3.27. The lowest BCUT2D eigenvalue weighted by atomic mass is 9.99. The third-order valence-corrected chi connectivity index (χ3v) is 8.94. The summed E-state index contributed by atoms with van der Waals surface area (Å²) in [6, 6.07) is 4.76. The molecule has 0 amide bonds. The van der Waals surface area contributed by atoms with E-state index in [4.69, 9.17) is 4.74 Å². The molecule has 0 atom stereocenters. The molecule has 1 aliphatic heterocycles. The molecule has 7 nitrogen and oxygen atoms in total. The molecule has 1 aliphatic carbocycles. The summed E-state index contributed by atoms with van der Waals surface area (Å²) in [5.74, 6) is 0.794. The highest BCUT2D eigenvalue weighted by molar-refractivity contribution is 7.90. The first kappa shape index (κ1) is 19.6. The van der Waals surface area contributed by atoms with Crippen LogP contribution in [0.4, 0.5) is 0 Å². The highest BCUT2D eigenvalue weighted by atomic mass is 32.2. The molecule has 0 spiro atoms. The van der Waals surface area contributed by atoms with E-state index in [9.17, 15) is 16.8 Å². The van der Waals surface area contributed by atoms with Crippen LogP contribution in [0.1, 0.15) is 31.2 Å². The van der Waals surface area contributed by atoms with Gasteiger partial charge in [-0.15, -0.1) is 0 Å². The third-order valence-electron chi connectivity index (χ3n) is 5.12. The number of hydrogen-bond acceptors (Lipinski definition) is 5. The van der Waals surface area contributed by atoms with Gasteiger partial charge in [-0.05, 0) is 62.3 Å². The van der Waals surface area contributed by atoms with E-state index in [1.165, 1.54) is 6.07 Å². The number of methoxy groups -OCH3 is 1. The number of aryl methyl sites for hydroxylation is 1. The van der Waals surface area contributed by atoms with Gasteiger partial charge in [0.15, 0.2) is 0 Å². The number of rotatable bonds is 7. The molecule has 1 aromatic rings. The minimum absolute atomic E-state index is 0.148. The molecule has 0 radical (unpaired) electrons. The van der Waals surface area contributed by atoms with E-state index < -0.39 is 20.0 Å². The molecule has 2 aliphatic rings. The number of sulfonamides is 2. The summed E-state index contributed by atoms with van der Waals surface area (Å²) in [6.07, 6.45) is 2.89. The summed E-state index contributed by atoms with van der Waals surface area (Å²) in [7, 11) is -5.17. The van der Waals surface area contributed by atoms with Crippen LogP contribution in [0.3, 0.4) is 0 Å². The minimum atomic E-state index is -3.59. The van der Waals surface area contributed by atoms with E-state index in [0.717, 1.165) is 18.4 Å². The monoisotopic (exact) mass is 402 g/mol. The lowest BCUT2D eigenvalue weighted by Gasteiger charge is -2.31. The minimum Gasteiger partial charge on any atom is -0.496 e. The second-order valence-corrected chi connectivity index (χ2v) is 11.1. The number of nitrogens with one attached hydrogen (secondary N) is 1. The Labute approximate surface area is 155 Å². The van der Waals surface area contributed by atoms with E-state index in [0.29, 0.717) is 38.2 Å². The van der Waals surface area contributed by atoms with Crippen molar-refractivity contribution in [1.29, 1.82) is 0 Å². The fraction of sp³-hybridized carbons (Fsp3) is 0.647. The molecule has 26 heavy (non-hydrogen) atoms. The molecular formula is C17H26N2O5S2. The highest BCUT2D eigenvalue weighted by Crippen LogP contribution is 2.33. The van der Waals surface area contributed by atoms with E-state index in [1.54, 1.807) is 30.5 Å². The summed E-state index contributed by atoms with van der Waals surface area (Å²) in [4.78, 5) is 0.213. The molecule has 0 bridgehead atoms. The van der Waals surface area contributed by atoms with Gasteiger partial charge >= 0.3 is 0 Å². The van der Waals surface area contributed by atoms with Gasteiger partial charge in [0.1, 0.15) is 5.75 Å². The smallest absolute Gasteiger partial charge is 0.240 e. The van der Waals surface area contributed by atoms with Crippen molar-refractivity contribution in [2.45, 2.75) is 42.8 Å². The Balaban J connectivity index is 1.55. The van der Waals surface area contributed by atoms with Crippen molar-refractivity contribution < 1.29 is 21.6 Å². The molecule has 1 heterocycles. The molecule has 1 saturated heterocycles. The second kappa shape index (κ2) is 7.46. The molecule has 1 aromatic carbocycles. The number of benzene rings is 1. The molecular weight excluding hydrogens is 376 g/mol. The first-order valence-electron chi connectivity index (χ1n) is 8.87. The second-order valence-electron chi connectivity index (χ2n) is 7.07. The Morgan fingerprint density at radius 1 is 1.12 bits per heavy atom. The first-order chi connectivity index (χ1) is 12.2. The topological polar surface area (TPSA) is 92.8 Å². The van der Waals surface area contributed by atoms with Gasteiger partial charge < -0.3 is 4.74 Å². The van der Waals surface area contributed by atoms with Crippen LogP contribution in [-0.4, -0.2) is 53.1 Å². The fourth-order valence-corrected chi connectivity index (χ4v) is 6.35. The number of hydrogen-bond donors (Lipinski definition) is 1. The van der Waals surface area contributed by atoms with Crippen LogP contribution in [0.5, 0.6) is 5.75 Å². The Kier molecular flexibility index (Phi) is 5.62. The van der Waals surface area contributed by atoms with E-state index >= 15 is 0 Å². The summed E-state index contributed by atoms with van der Waals surface area (Å²) in [5, 5.41) is -0.184. The number of piperidine rings is 1. The van der Waals surface area contributed by atoms with Gasteiger partial charge in [-0.2, -0.15) is 0 Å². The Morgan fingerprint density at radius 3 is 2.31 bits per heavy atom. The van der Waals surface area contributed by atoms with Gasteiger partial charge in [0.25, 0.3) is 0 Å². The van der Waals surface area contributed by atoms with Crippen LogP contribution >= 0.6 is 0 Å². The Hall–Kier alpha value is -1.16. The Bertz CT molecular complexity index is 855. The zero-order valence-electron chi connectivity index (χ0n) is 15.1. The van der Waals surface area contributed by atoms with E-state index in [-0.39, 0.29) is 16.1 Å². The predicted molar refractivity (Wildman–Crippen MR) is 99.2 cm³/mol. The maximum Gasteiger partial charge on any atom is 0.240 e. The highest BCUT2D eigenvalue weighted by Gasteiger charge is 2.41. The van der Waals surface area contributed by atoms with Gasteiger partial charge in [-0.25, -0.2) is 25.9 Å². The van der Waals surface area contributed by atoms with E-state index in [2.05, 4.69) is 4.72 Å². The van der Waals surface area contributed by atoms with Crippen molar-refractivity contribution in [2.75, 3.05) is 26.7 Å². The molecule has 0 unspecified atom stereocenters. The SMILES string of the molecule is COc1ccc(S(=O)(=O)NCC2CCN(S(=O)(=O)C3CC3)CC2)cc1C. The largest absolute Gasteiger partial charge is 0.496 e. The van der Waals surface area contributed by atoms with Crippen molar-refractivity contribution in [3.8, 4) is 5.75 Å². The van der Waals surface area contributed by atoms with Crippen LogP contribution in [0.2, 0.25) is 0 Å². The quantitative estimate of drug-likeness (QED) is 0.746. The normalized spacial score (nSPS) is 20.2. The van der Waals surface area contributed by atoms with Gasteiger partial charge in [0.05, 0.1) is 17.3 Å². The van der Waals surface area contributed by atoms with Crippen molar-refractivity contribution in [2.24, 2.45) is 5.92 Å². The third kappa shape index (κ3) is 4.21. The standard InChI is InChI=1S/C17H26N2O5S2/c1-13-11-16(5-6-17(13)24-2)25(20,21)18-12-14-7-9-19(10-8-14)26(22,23)15-3-4-15/h5-6,11,14-15,18H,3-4,7-10,12H2,1-2H3. The van der Waals surface area contributed by atoms with Crippen LogP contribution in [0.15, 0.2) is 23.1 Å². The van der Waals surface area contributed by atoms with Crippen LogP contribution in [0, 0.1) is 12.8 Å². The maximum atomic E-state index is 12.5. The Morgan fingerprint density at radius 2 is 1.77 bits per heavy atom. The van der Waals surface area contributed by atoms with Crippen molar-refractivity contribution >= 4 is 20.0 Å². The van der Waals surface area contributed by atoms with Gasteiger partial charge in [0.2, 0.25) is 20.0 Å². The molecule has 3 rings (SSSR count). The van der Waals surface area contributed by atoms with Gasteiger partial charge in [0, 0.05) is 19.6 Å². The summed E-state index contributed by atoms with van der Waals surface area (Å²) in [5.41, 5.74) is 0.758. The van der Waals surface area contributed by atoms with Crippen molar-refractivity contribution in [3.05, 3.63) is 23.8 Å². The van der Waals surface area contributed by atoms with Crippen LogP contribution < -0.4 is 9.46 Å². The van der Waals surface area contributed by atoms with Gasteiger partial charge in [-0.1, -0.05) is 0 Å². The molecule has 9 heteroatoms. The lowest BCUT2D eigenvalue weighted by molar-refractivity contribution is 0.274. The van der Waals surface area contributed by atoms with Crippen molar-refractivity contribution in [1.82, 2.24) is 9.03 Å². The first-order valence-corrected chi connectivity index (χ1v) is 11.9. The average Bonchev–Trinajstić information content (AvgIpc) is 3.46. The maximum absolute atomic E-state index is 12.5. The summed E-state index contributed by atoms with van der Waals surface area (Å²) < 4.78 is 58.9. The van der Waals surface area contributed by atoms with E-state index in [1.807, 2.05) is 0 Å². The zero-order valence-corrected chi connectivity index (χ0v) is 16.8. The number of nitrogens with zero attached hydrogens (tertiary/aromatic N) is 1. The van der Waals surface area contributed by atoms with Gasteiger partial charge in [-0.3, -0.25) is 0 Å². The molecule has 1 N–H and O–H groups in total. The molecule has 2 fully saturated rings. The molecule has 146 valence electrons. The zero-order chi connectivity index (χ0) is 18.9. The predicted octanol–water partition coefficient (Wildman–Crippen LogP) is 1.49. The summed E-state index contributed by atoms with van der Waals surface area (Å²) in [6.45, 7) is 3.08. The average molecular weight is 403 g/mol. The van der Waals surface area contributed by atoms with Crippen LogP contribution in [0.25, 0.3) is 0 Å². The van der Waals surface area contributed by atoms with Crippen LogP contribution in [-0.2, 0) is 20.0 Å². The summed E-state index contributed by atoms with van der Waals surface area (Å²) >= 11 is 0. The lowest BCUT2D eigenvalue weighted by Crippen LogP contribution is -2.42. The molecule has 0 aromatic heterocycles. The number of ether oxygens (including phenoxy) is 1. The molecule has 1 saturated carbocycles. The van der Waals surface area contributed by atoms with Crippen molar-refractivity contribution in [3.63, 3.8) is 0 Å².